The Labute approximate surface area is 108 Å². The monoisotopic (exact) mass is 255 g/mol. The first-order valence-electron chi connectivity index (χ1n) is 6.71. The van der Waals surface area contributed by atoms with Gasteiger partial charge in [-0.15, -0.1) is 0 Å². The summed E-state index contributed by atoms with van der Waals surface area (Å²) in [6, 6.07) is 0.620. The number of rotatable bonds is 2. The SMILES string of the molecule is S=C(N[C@H]1C[C@H]2CC[C@@H]1C2)NN1CCOCC1. The Morgan fingerprint density at radius 2 is 2.00 bits per heavy atom. The van der Waals surface area contributed by atoms with Crippen molar-refractivity contribution in [1.82, 2.24) is 15.8 Å². The second-order valence-electron chi connectivity index (χ2n) is 5.47. The summed E-state index contributed by atoms with van der Waals surface area (Å²) in [5.74, 6) is 1.83. The van der Waals surface area contributed by atoms with Gasteiger partial charge in [0, 0.05) is 19.1 Å². The third kappa shape index (κ3) is 2.72. The molecule has 3 atom stereocenters. The zero-order chi connectivity index (χ0) is 11.7. The minimum absolute atomic E-state index is 0.620. The molecule has 3 fully saturated rings. The molecule has 1 aliphatic heterocycles. The number of morpholine rings is 1. The molecule has 3 aliphatic rings. The lowest BCUT2D eigenvalue weighted by Crippen LogP contribution is -2.54. The fourth-order valence-electron chi connectivity index (χ4n) is 3.44. The summed E-state index contributed by atoms with van der Waals surface area (Å²) in [7, 11) is 0. The van der Waals surface area contributed by atoms with Gasteiger partial charge < -0.3 is 10.1 Å². The summed E-state index contributed by atoms with van der Waals surface area (Å²) < 4.78 is 5.31. The van der Waals surface area contributed by atoms with Crippen molar-refractivity contribution in [3.63, 3.8) is 0 Å². The van der Waals surface area contributed by atoms with Crippen LogP contribution in [0.3, 0.4) is 0 Å². The van der Waals surface area contributed by atoms with E-state index in [1.165, 1.54) is 25.7 Å². The fourth-order valence-corrected chi connectivity index (χ4v) is 3.72. The topological polar surface area (TPSA) is 36.5 Å². The highest BCUT2D eigenvalue weighted by Gasteiger charge is 2.39. The predicted molar refractivity (Wildman–Crippen MR) is 70.5 cm³/mol. The maximum Gasteiger partial charge on any atom is 0.181 e. The number of nitrogens with one attached hydrogen (secondary N) is 2. The van der Waals surface area contributed by atoms with Crippen molar-refractivity contribution >= 4 is 17.3 Å². The molecule has 17 heavy (non-hydrogen) atoms. The Morgan fingerprint density at radius 3 is 2.65 bits per heavy atom. The van der Waals surface area contributed by atoms with Crippen molar-refractivity contribution in [1.29, 1.82) is 0 Å². The van der Waals surface area contributed by atoms with E-state index in [9.17, 15) is 0 Å². The normalized spacial score (nSPS) is 37.1. The largest absolute Gasteiger partial charge is 0.379 e. The first-order valence-corrected chi connectivity index (χ1v) is 7.12. The average molecular weight is 255 g/mol. The predicted octanol–water partition coefficient (Wildman–Crippen LogP) is 0.886. The third-order valence-electron chi connectivity index (χ3n) is 4.33. The van der Waals surface area contributed by atoms with Crippen LogP contribution in [-0.4, -0.2) is 42.5 Å². The van der Waals surface area contributed by atoms with Crippen LogP contribution >= 0.6 is 12.2 Å². The van der Waals surface area contributed by atoms with Crippen molar-refractivity contribution < 1.29 is 4.74 Å². The number of hydrazine groups is 1. The van der Waals surface area contributed by atoms with Gasteiger partial charge in [0.2, 0.25) is 0 Å². The molecule has 1 heterocycles. The maximum absolute atomic E-state index is 5.38. The summed E-state index contributed by atoms with van der Waals surface area (Å²) in [6.45, 7) is 3.42. The van der Waals surface area contributed by atoms with E-state index in [1.54, 1.807) is 0 Å². The van der Waals surface area contributed by atoms with E-state index in [2.05, 4.69) is 15.8 Å². The zero-order valence-electron chi connectivity index (χ0n) is 10.2. The molecule has 2 saturated carbocycles. The molecule has 0 aromatic rings. The number of nitrogens with zero attached hydrogens (tertiary/aromatic N) is 1. The van der Waals surface area contributed by atoms with Crippen LogP contribution < -0.4 is 10.7 Å². The van der Waals surface area contributed by atoms with Gasteiger partial charge in [-0.2, -0.15) is 0 Å². The van der Waals surface area contributed by atoms with E-state index in [-0.39, 0.29) is 0 Å². The van der Waals surface area contributed by atoms with Crippen LogP contribution in [0.15, 0.2) is 0 Å². The lowest BCUT2D eigenvalue weighted by molar-refractivity contribution is 0.0245. The van der Waals surface area contributed by atoms with Crippen LogP contribution in [0.4, 0.5) is 0 Å². The summed E-state index contributed by atoms with van der Waals surface area (Å²) in [5.41, 5.74) is 3.28. The second-order valence-corrected chi connectivity index (χ2v) is 5.87. The number of ether oxygens (including phenoxy) is 1. The molecule has 3 rings (SSSR count). The number of fused-ring (bicyclic) bond motifs is 2. The second kappa shape index (κ2) is 5.08. The molecule has 4 nitrogen and oxygen atoms in total. The van der Waals surface area contributed by atoms with Gasteiger partial charge in [0.05, 0.1) is 13.2 Å². The summed E-state index contributed by atoms with van der Waals surface area (Å²) in [4.78, 5) is 0. The number of thiocarbonyl (C=S) groups is 1. The van der Waals surface area contributed by atoms with Gasteiger partial charge in [0.25, 0.3) is 0 Å². The van der Waals surface area contributed by atoms with Gasteiger partial charge in [-0.3, -0.25) is 5.43 Å². The smallest absolute Gasteiger partial charge is 0.181 e. The Hall–Kier alpha value is -0.390. The molecule has 5 heteroatoms. The van der Waals surface area contributed by atoms with Gasteiger partial charge in [0.1, 0.15) is 0 Å². The number of hydrogen-bond donors (Lipinski definition) is 2. The van der Waals surface area contributed by atoms with Gasteiger partial charge in [-0.1, -0.05) is 6.42 Å². The van der Waals surface area contributed by atoms with Crippen LogP contribution in [0.5, 0.6) is 0 Å². The van der Waals surface area contributed by atoms with Crippen molar-refractivity contribution in [2.75, 3.05) is 26.3 Å². The van der Waals surface area contributed by atoms with Crippen LogP contribution in [-0.2, 0) is 4.74 Å². The molecule has 0 amide bonds. The third-order valence-corrected chi connectivity index (χ3v) is 4.53. The van der Waals surface area contributed by atoms with Crippen molar-refractivity contribution in [3.8, 4) is 0 Å². The molecular weight excluding hydrogens is 234 g/mol. The highest BCUT2D eigenvalue weighted by Crippen LogP contribution is 2.44. The first kappa shape index (κ1) is 11.7. The minimum Gasteiger partial charge on any atom is -0.379 e. The number of hydrogen-bond acceptors (Lipinski definition) is 3. The molecule has 2 bridgehead atoms. The average Bonchev–Trinajstić information content (AvgIpc) is 2.92. The maximum atomic E-state index is 5.38. The molecule has 2 N–H and O–H groups in total. The molecule has 2 aliphatic carbocycles. The minimum atomic E-state index is 0.620. The van der Waals surface area contributed by atoms with Gasteiger partial charge in [0.15, 0.2) is 5.11 Å². The molecule has 0 radical (unpaired) electrons. The molecule has 0 aromatic carbocycles. The molecule has 0 unspecified atom stereocenters. The molecule has 1 saturated heterocycles. The van der Waals surface area contributed by atoms with Crippen molar-refractivity contribution in [3.05, 3.63) is 0 Å². The van der Waals surface area contributed by atoms with Gasteiger partial charge in [-0.25, -0.2) is 5.01 Å². The van der Waals surface area contributed by atoms with E-state index in [4.69, 9.17) is 17.0 Å². The van der Waals surface area contributed by atoms with Crippen LogP contribution in [0.25, 0.3) is 0 Å². The Morgan fingerprint density at radius 1 is 1.18 bits per heavy atom. The highest BCUT2D eigenvalue weighted by molar-refractivity contribution is 7.80. The van der Waals surface area contributed by atoms with E-state index < -0.39 is 0 Å². The van der Waals surface area contributed by atoms with Crippen LogP contribution in [0.2, 0.25) is 0 Å². The van der Waals surface area contributed by atoms with E-state index >= 15 is 0 Å². The fraction of sp³-hybridized carbons (Fsp3) is 0.917. The van der Waals surface area contributed by atoms with E-state index in [1.807, 2.05) is 0 Å². The Kier molecular flexibility index (Phi) is 3.49. The highest BCUT2D eigenvalue weighted by atomic mass is 32.1. The summed E-state index contributed by atoms with van der Waals surface area (Å²) in [6.07, 6.45) is 5.56. The zero-order valence-corrected chi connectivity index (χ0v) is 11.0. The Balaban J connectivity index is 1.44. The molecule has 0 spiro atoms. The van der Waals surface area contributed by atoms with Gasteiger partial charge >= 0.3 is 0 Å². The van der Waals surface area contributed by atoms with Crippen molar-refractivity contribution in [2.45, 2.75) is 31.7 Å². The summed E-state index contributed by atoms with van der Waals surface area (Å²) >= 11 is 5.38. The van der Waals surface area contributed by atoms with Crippen LogP contribution in [0.1, 0.15) is 25.7 Å². The summed E-state index contributed by atoms with van der Waals surface area (Å²) in [5, 5.41) is 6.44. The van der Waals surface area contributed by atoms with Crippen molar-refractivity contribution in [2.24, 2.45) is 11.8 Å². The lowest BCUT2D eigenvalue weighted by atomic mass is 9.96. The molecule has 96 valence electrons. The molecular formula is C12H21N3OS. The van der Waals surface area contributed by atoms with Crippen LogP contribution in [0, 0.1) is 11.8 Å². The lowest BCUT2D eigenvalue weighted by Gasteiger charge is -2.30. The quantitative estimate of drug-likeness (QED) is 0.717. The molecule has 0 aromatic heterocycles. The van der Waals surface area contributed by atoms with Gasteiger partial charge in [-0.05, 0) is 43.3 Å². The standard InChI is InChI=1S/C12H21N3OS/c17-12(14-15-3-5-16-6-4-15)13-11-8-9-1-2-10(11)7-9/h9-11H,1-8H2,(H2,13,14,17)/t9-,10+,11-/m0/s1. The first-order chi connectivity index (χ1) is 8.31. The van der Waals surface area contributed by atoms with E-state index in [0.29, 0.717) is 6.04 Å². The van der Waals surface area contributed by atoms with E-state index in [0.717, 1.165) is 43.3 Å². The Bertz CT molecular complexity index is 293.